The van der Waals surface area contributed by atoms with E-state index >= 15 is 0 Å². The van der Waals surface area contributed by atoms with Crippen molar-refractivity contribution < 1.29 is 188 Å². The smallest absolute Gasteiger partial charge is 0.790 e. The molecule has 7 nitrogen and oxygen atoms in total. The Morgan fingerprint density at radius 1 is 0.923 bits per heavy atom. The van der Waals surface area contributed by atoms with Crippen molar-refractivity contribution in [2.75, 3.05) is 0 Å². The molecule has 0 spiro atoms. The van der Waals surface area contributed by atoms with Crippen LogP contribution in [-0.4, -0.2) is 14.7 Å². The molecule has 0 saturated carbocycles. The molecule has 0 radical (unpaired) electrons. The Balaban J connectivity index is -0.0000000267. The second-order valence-corrected chi connectivity index (χ2v) is 4.79. The molecule has 0 atom stereocenters. The van der Waals surface area contributed by atoms with Crippen molar-refractivity contribution in [1.29, 1.82) is 0 Å². The van der Waals surface area contributed by atoms with Gasteiger partial charge in [-0.25, -0.2) is 0 Å². The summed E-state index contributed by atoms with van der Waals surface area (Å²) in [5, 5.41) is 0. The Bertz CT molecular complexity index is 131. The summed E-state index contributed by atoms with van der Waals surface area (Å²) >= 11 is 0. The van der Waals surface area contributed by atoms with Gasteiger partial charge < -0.3 is 38.0 Å². The molecule has 13 heteroatoms. The van der Waals surface area contributed by atoms with Gasteiger partial charge in [-0.3, -0.25) is 4.57 Å². The quantitative estimate of drug-likeness (QED) is 0.296. The van der Waals surface area contributed by atoms with Crippen molar-refractivity contribution in [2.45, 2.75) is 0 Å². The van der Waals surface area contributed by atoms with Crippen molar-refractivity contribution in [1.82, 2.24) is 0 Å². The second-order valence-electron chi connectivity index (χ2n) is 1.01. The van der Waals surface area contributed by atoms with Crippen molar-refractivity contribution in [3.63, 3.8) is 0 Å². The van der Waals surface area contributed by atoms with Crippen LogP contribution >= 0.6 is 24.0 Å². The fraction of sp³-hybridized carbons (Fsp3) is 0. The van der Waals surface area contributed by atoms with Crippen LogP contribution in [0.25, 0.3) is 0 Å². The fourth-order valence-electron chi connectivity index (χ4n) is 0. The van der Waals surface area contributed by atoms with Crippen molar-refractivity contribution in [2.24, 2.45) is 0 Å². The molecule has 0 aliphatic rings. The summed E-state index contributed by atoms with van der Waals surface area (Å²) in [6.07, 6.45) is 0. The first-order chi connectivity index (χ1) is 4.00. The average molecular weight is 326 g/mol. The first-order valence-corrected chi connectivity index (χ1v) is 6.00. The minimum absolute atomic E-state index is 0. The van der Waals surface area contributed by atoms with Gasteiger partial charge in [-0.05, 0) is 0 Å². The van der Waals surface area contributed by atoms with E-state index in [1.807, 2.05) is 0 Å². The molecule has 0 fully saturated rings. The predicted molar refractivity (Wildman–Crippen MR) is 30.2 cm³/mol. The third-order valence-electron chi connectivity index (χ3n) is 0. The Labute approximate surface area is 205 Å². The Morgan fingerprint density at radius 3 is 0.923 bits per heavy atom. The molecule has 0 aromatic carbocycles. The maximum Gasteiger partial charge on any atom is 1.00 e. The van der Waals surface area contributed by atoms with Crippen LogP contribution in [0, 0.1) is 0 Å². The van der Waals surface area contributed by atoms with Crippen LogP contribution in [0.4, 0.5) is 0 Å². The van der Waals surface area contributed by atoms with E-state index in [-0.39, 0.29) is 154 Å². The molecular weight excluding hydrogens is 322 g/mol. The minimum Gasteiger partial charge on any atom is -0.790 e. The van der Waals surface area contributed by atoms with E-state index in [9.17, 15) is 4.57 Å². The number of hydrogen-bond acceptors (Lipinski definition) is 4. The monoisotopic (exact) mass is 326 g/mol. The molecule has 0 aromatic rings. The summed E-state index contributed by atoms with van der Waals surface area (Å²) in [6.45, 7) is 0. The SMILES string of the molecule is O=P(O)(O)[PH-].O=P([O-])([O-])O.[K+].[K+].[K+]. The Kier molecular flexibility index (Phi) is 37.5. The summed E-state index contributed by atoms with van der Waals surface area (Å²) in [6, 6.07) is 0. The van der Waals surface area contributed by atoms with E-state index in [4.69, 9.17) is 29.0 Å². The Morgan fingerprint density at radius 2 is 0.923 bits per heavy atom. The summed E-state index contributed by atoms with van der Waals surface area (Å²) < 4.78 is 17.9. The summed E-state index contributed by atoms with van der Waals surface area (Å²) in [7, 11) is -6.89. The van der Waals surface area contributed by atoms with Gasteiger partial charge in [-0.1, -0.05) is 0 Å². The molecule has 0 amide bonds. The molecule has 0 saturated heterocycles. The molecule has 0 aromatic heterocycles. The van der Waals surface area contributed by atoms with Crippen LogP contribution in [-0.2, 0) is 9.13 Å². The number of phosphoric acid groups is 1. The van der Waals surface area contributed by atoms with Gasteiger partial charge in [-0.2, -0.15) is 0 Å². The van der Waals surface area contributed by atoms with Crippen LogP contribution in [0.15, 0.2) is 0 Å². The maximum atomic E-state index is 9.24. The van der Waals surface area contributed by atoms with Crippen LogP contribution in [0.5, 0.6) is 0 Å². The van der Waals surface area contributed by atoms with Gasteiger partial charge in [0.25, 0.3) is 0 Å². The van der Waals surface area contributed by atoms with E-state index < -0.39 is 15.1 Å². The van der Waals surface area contributed by atoms with Gasteiger partial charge in [0.15, 0.2) is 7.28 Å². The molecule has 0 bridgehead atoms. The third-order valence-corrected chi connectivity index (χ3v) is 0. The summed E-state index contributed by atoms with van der Waals surface area (Å²) in [5.74, 6) is 0. The van der Waals surface area contributed by atoms with Gasteiger partial charge in [0.05, 0.1) is 7.82 Å². The van der Waals surface area contributed by atoms with Crippen LogP contribution in [0.1, 0.15) is 0 Å². The second kappa shape index (κ2) is 15.7. The molecule has 0 aliphatic carbocycles. The molecule has 0 rings (SSSR count). The molecule has 0 heterocycles. The first-order valence-electron chi connectivity index (χ1n) is 1.55. The molecular formula is H4K3O7P3. The zero-order chi connectivity index (χ0) is 9.00. The molecule has 0 aliphatic heterocycles. The van der Waals surface area contributed by atoms with Gasteiger partial charge in [0, 0.05) is 0 Å². The van der Waals surface area contributed by atoms with E-state index in [0.717, 1.165) is 0 Å². The van der Waals surface area contributed by atoms with Gasteiger partial charge in [-0.15, -0.1) is 0 Å². The van der Waals surface area contributed by atoms with Crippen LogP contribution in [0.3, 0.4) is 0 Å². The fourth-order valence-corrected chi connectivity index (χ4v) is 0. The zero-order valence-corrected chi connectivity index (χ0v) is 19.5. The molecule has 13 heavy (non-hydrogen) atoms. The zero-order valence-electron chi connectivity index (χ0n) is 7.37. The third kappa shape index (κ3) is 137. The number of hydrogen-bond donors (Lipinski definition) is 3. The normalized spacial score (nSPS) is 9.08. The topological polar surface area (TPSA) is 141 Å². The largest absolute Gasteiger partial charge is 1.00 e. The maximum absolute atomic E-state index is 9.24. The first kappa shape index (κ1) is 31.1. The molecule has 3 N–H and O–H groups in total. The van der Waals surface area contributed by atoms with Crippen molar-refractivity contribution in [3.8, 4) is 0 Å². The Hall–Kier alpha value is 5.60. The molecule has 0 unspecified atom stereocenters. The van der Waals surface area contributed by atoms with E-state index in [1.165, 1.54) is 0 Å². The van der Waals surface area contributed by atoms with Crippen molar-refractivity contribution in [3.05, 3.63) is 0 Å². The van der Waals surface area contributed by atoms with Gasteiger partial charge in [0.2, 0.25) is 0 Å². The van der Waals surface area contributed by atoms with E-state index in [2.05, 4.69) is 8.93 Å². The summed E-state index contributed by atoms with van der Waals surface area (Å²) in [4.78, 5) is 39.4. The van der Waals surface area contributed by atoms with Gasteiger partial charge in [0.1, 0.15) is 0 Å². The minimum atomic E-state index is -5.14. The van der Waals surface area contributed by atoms with Gasteiger partial charge >= 0.3 is 154 Å². The average Bonchev–Trinajstić information content (AvgIpc) is 1.12. The standard InChI is InChI=1S/3K.H3O4P.H3O3P2/c;;;2*1-5(2,3)4/h;;;(H3,1,2,3,4);4H,(H2,1,2,3)/q3*+1;;-1/p-2. The van der Waals surface area contributed by atoms with E-state index in [1.54, 1.807) is 0 Å². The predicted octanol–water partition coefficient (Wildman–Crippen LogP) is -11.0. The number of rotatable bonds is 0. The molecule has 64 valence electrons. The van der Waals surface area contributed by atoms with Crippen LogP contribution in [0.2, 0.25) is 0 Å². The van der Waals surface area contributed by atoms with Crippen LogP contribution < -0.4 is 164 Å². The summed E-state index contributed by atoms with van der Waals surface area (Å²) in [5.41, 5.74) is 0. The van der Waals surface area contributed by atoms with E-state index in [0.29, 0.717) is 0 Å². The van der Waals surface area contributed by atoms with Crippen molar-refractivity contribution >= 4 is 24.0 Å².